The Balaban J connectivity index is 2.20. The number of nitrogens with zero attached hydrogens (tertiary/aromatic N) is 2. The molecule has 0 aromatic carbocycles. The van der Waals surface area contributed by atoms with E-state index in [1.165, 1.54) is 19.3 Å². The van der Waals surface area contributed by atoms with Gasteiger partial charge in [-0.1, -0.05) is 6.42 Å². The third-order valence-electron chi connectivity index (χ3n) is 4.07. The van der Waals surface area contributed by atoms with Gasteiger partial charge >= 0.3 is 0 Å². The molecule has 0 radical (unpaired) electrons. The van der Waals surface area contributed by atoms with Crippen LogP contribution in [-0.2, 0) is 4.79 Å². The van der Waals surface area contributed by atoms with Crippen LogP contribution < -0.4 is 0 Å². The molecule has 2 fully saturated rings. The van der Waals surface area contributed by atoms with Crippen LogP contribution in [0.2, 0.25) is 0 Å². The van der Waals surface area contributed by atoms with Gasteiger partial charge in [0.1, 0.15) is 5.78 Å². The van der Waals surface area contributed by atoms with E-state index in [1.807, 2.05) is 0 Å². The van der Waals surface area contributed by atoms with E-state index in [-0.39, 0.29) is 0 Å². The van der Waals surface area contributed by atoms with E-state index in [9.17, 15) is 4.79 Å². The summed E-state index contributed by atoms with van der Waals surface area (Å²) in [5.41, 5.74) is 0. The van der Waals surface area contributed by atoms with Crippen LogP contribution in [0.1, 0.15) is 59.8 Å². The van der Waals surface area contributed by atoms with Gasteiger partial charge in [0.05, 0.1) is 0 Å². The van der Waals surface area contributed by atoms with Gasteiger partial charge in [-0.2, -0.15) is 0 Å². The molecular weight excluding hydrogens is 212 g/mol. The molecule has 2 rings (SSSR count). The molecular formula is C14H26N2O. The summed E-state index contributed by atoms with van der Waals surface area (Å²) in [6.07, 6.45) is 5.22. The number of ketones is 1. The first kappa shape index (κ1) is 13.0. The average Bonchev–Trinajstić information content (AvgIpc) is 2.17. The lowest BCUT2D eigenvalue weighted by atomic mass is 9.85. The highest BCUT2D eigenvalue weighted by molar-refractivity contribution is 5.80. The largest absolute Gasteiger partial charge is 0.300 e. The highest BCUT2D eigenvalue weighted by Gasteiger charge is 2.41. The van der Waals surface area contributed by atoms with Crippen LogP contribution in [0.5, 0.6) is 0 Å². The van der Waals surface area contributed by atoms with Crippen LogP contribution in [0.4, 0.5) is 0 Å². The van der Waals surface area contributed by atoms with Crippen LogP contribution in [-0.4, -0.2) is 40.0 Å². The fourth-order valence-corrected chi connectivity index (χ4v) is 3.66. The lowest BCUT2D eigenvalue weighted by Gasteiger charge is -2.53. The number of hydrogen-bond acceptors (Lipinski definition) is 3. The van der Waals surface area contributed by atoms with E-state index in [0.29, 0.717) is 30.0 Å². The molecule has 2 bridgehead atoms. The number of piperidine rings is 2. The molecule has 0 aliphatic carbocycles. The molecule has 0 unspecified atom stereocenters. The summed E-state index contributed by atoms with van der Waals surface area (Å²) in [4.78, 5) is 11.7. The zero-order valence-corrected chi connectivity index (χ0v) is 11.6. The van der Waals surface area contributed by atoms with Gasteiger partial charge in [0, 0.05) is 37.0 Å². The third kappa shape index (κ3) is 2.55. The predicted octanol–water partition coefficient (Wildman–Crippen LogP) is 2.61. The summed E-state index contributed by atoms with van der Waals surface area (Å²) < 4.78 is 0. The van der Waals surface area contributed by atoms with Gasteiger partial charge in [0.15, 0.2) is 0 Å². The molecule has 3 nitrogen and oxygen atoms in total. The summed E-state index contributed by atoms with van der Waals surface area (Å²) in [5, 5.41) is 5.06. The molecule has 0 amide bonds. The molecule has 0 spiro atoms. The molecule has 0 N–H and O–H groups in total. The maximum Gasteiger partial charge on any atom is 0.136 e. The highest BCUT2D eigenvalue weighted by Crippen LogP contribution is 2.35. The Labute approximate surface area is 105 Å². The van der Waals surface area contributed by atoms with Crippen molar-refractivity contribution in [3.8, 4) is 0 Å². The second kappa shape index (κ2) is 5.07. The van der Waals surface area contributed by atoms with Crippen molar-refractivity contribution in [1.29, 1.82) is 0 Å². The van der Waals surface area contributed by atoms with Gasteiger partial charge in [0.2, 0.25) is 0 Å². The Morgan fingerprint density at radius 3 is 1.94 bits per heavy atom. The quantitative estimate of drug-likeness (QED) is 0.755. The van der Waals surface area contributed by atoms with Gasteiger partial charge in [-0.3, -0.25) is 4.79 Å². The smallest absolute Gasteiger partial charge is 0.136 e. The van der Waals surface area contributed by atoms with Crippen LogP contribution >= 0.6 is 0 Å². The van der Waals surface area contributed by atoms with E-state index < -0.39 is 0 Å². The molecule has 0 aromatic heterocycles. The zero-order chi connectivity index (χ0) is 12.6. The Bertz CT molecular complexity index is 264. The van der Waals surface area contributed by atoms with Gasteiger partial charge in [-0.05, 0) is 40.5 Å². The maximum absolute atomic E-state index is 11.7. The number of fused-ring (bicyclic) bond motifs is 2. The second-order valence-corrected chi connectivity index (χ2v) is 6.13. The standard InChI is InChI=1S/C14H26N2O/c1-10(2)15(11(3)4)16-12-6-5-7-13(16)9-14(17)8-12/h10-13H,5-9H2,1-4H3/t12-,13+. The Morgan fingerprint density at radius 2 is 1.53 bits per heavy atom. The minimum absolute atomic E-state index is 0.472. The zero-order valence-electron chi connectivity index (χ0n) is 11.6. The first-order valence-electron chi connectivity index (χ1n) is 7.09. The SMILES string of the molecule is CC(C)N(C(C)C)N1[C@@H]2CCC[C@H]1CC(=O)C2. The highest BCUT2D eigenvalue weighted by atomic mass is 16.1. The van der Waals surface area contributed by atoms with E-state index in [0.717, 1.165) is 12.8 Å². The molecule has 2 aliphatic heterocycles. The number of carbonyl (C=O) groups is 1. The number of hydrogen-bond donors (Lipinski definition) is 0. The van der Waals surface area contributed by atoms with Crippen molar-refractivity contribution in [2.75, 3.05) is 0 Å². The molecule has 2 heterocycles. The van der Waals surface area contributed by atoms with E-state index in [4.69, 9.17) is 0 Å². The van der Waals surface area contributed by atoms with Gasteiger partial charge in [-0.25, -0.2) is 10.0 Å². The Hall–Kier alpha value is -0.410. The summed E-state index contributed by atoms with van der Waals surface area (Å²) in [6, 6.07) is 1.98. The van der Waals surface area contributed by atoms with E-state index >= 15 is 0 Å². The topological polar surface area (TPSA) is 23.6 Å². The first-order valence-corrected chi connectivity index (χ1v) is 7.09. The lowest BCUT2D eigenvalue weighted by Crippen LogP contribution is -2.63. The summed E-state index contributed by atoms with van der Waals surface area (Å²) >= 11 is 0. The average molecular weight is 238 g/mol. The van der Waals surface area contributed by atoms with Crippen molar-refractivity contribution in [2.24, 2.45) is 0 Å². The van der Waals surface area contributed by atoms with Crippen molar-refractivity contribution in [3.05, 3.63) is 0 Å². The van der Waals surface area contributed by atoms with Gasteiger partial charge in [0.25, 0.3) is 0 Å². The monoisotopic (exact) mass is 238 g/mol. The van der Waals surface area contributed by atoms with Crippen LogP contribution in [0.25, 0.3) is 0 Å². The fourth-order valence-electron chi connectivity index (χ4n) is 3.66. The molecule has 2 aliphatic rings. The van der Waals surface area contributed by atoms with Crippen molar-refractivity contribution in [1.82, 2.24) is 10.0 Å². The third-order valence-corrected chi connectivity index (χ3v) is 4.07. The molecule has 98 valence electrons. The molecule has 0 aromatic rings. The summed E-state index contributed by atoms with van der Waals surface area (Å²) in [7, 11) is 0. The Kier molecular flexibility index (Phi) is 3.88. The number of carbonyl (C=O) groups excluding carboxylic acids is 1. The maximum atomic E-state index is 11.7. The normalized spacial score (nSPS) is 30.6. The number of hydrazine groups is 1. The Morgan fingerprint density at radius 1 is 1.06 bits per heavy atom. The van der Waals surface area contributed by atoms with E-state index in [2.05, 4.69) is 37.7 Å². The molecule has 17 heavy (non-hydrogen) atoms. The number of Topliss-reactive ketones (excluding diaryl/α,β-unsaturated/α-hetero) is 1. The van der Waals surface area contributed by atoms with Crippen LogP contribution in [0.15, 0.2) is 0 Å². The second-order valence-electron chi connectivity index (χ2n) is 6.13. The number of rotatable bonds is 3. The van der Waals surface area contributed by atoms with Crippen LogP contribution in [0.3, 0.4) is 0 Å². The van der Waals surface area contributed by atoms with Gasteiger partial charge < -0.3 is 0 Å². The predicted molar refractivity (Wildman–Crippen MR) is 69.6 cm³/mol. The molecule has 2 saturated heterocycles. The summed E-state index contributed by atoms with van der Waals surface area (Å²) in [6.45, 7) is 9.02. The minimum atomic E-state index is 0.472. The van der Waals surface area contributed by atoms with Crippen molar-refractivity contribution in [2.45, 2.75) is 84.0 Å². The fraction of sp³-hybridized carbons (Fsp3) is 0.929. The molecule has 2 atom stereocenters. The van der Waals surface area contributed by atoms with Crippen molar-refractivity contribution < 1.29 is 4.79 Å². The lowest BCUT2D eigenvalue weighted by molar-refractivity contribution is -0.172. The van der Waals surface area contributed by atoms with Crippen molar-refractivity contribution in [3.63, 3.8) is 0 Å². The minimum Gasteiger partial charge on any atom is -0.300 e. The first-order chi connectivity index (χ1) is 8.00. The molecule has 0 saturated carbocycles. The molecule has 3 heteroatoms. The van der Waals surface area contributed by atoms with Gasteiger partial charge in [-0.15, -0.1) is 0 Å². The van der Waals surface area contributed by atoms with E-state index in [1.54, 1.807) is 0 Å². The van der Waals surface area contributed by atoms with Crippen molar-refractivity contribution >= 4 is 5.78 Å². The van der Waals surface area contributed by atoms with Crippen LogP contribution in [0, 0.1) is 0 Å². The summed E-state index contributed by atoms with van der Waals surface area (Å²) in [5.74, 6) is 0.475.